The van der Waals surface area contributed by atoms with E-state index in [-0.39, 0.29) is 0 Å². The topological polar surface area (TPSA) is 59.4 Å². The van der Waals surface area contributed by atoms with Gasteiger partial charge < -0.3 is 9.55 Å². The Morgan fingerprint density at radius 2 is 2.09 bits per heavy atom. The highest BCUT2D eigenvalue weighted by molar-refractivity contribution is 14.1. The molecular formula is C16H12IN5. The molecule has 0 spiro atoms. The predicted molar refractivity (Wildman–Crippen MR) is 93.4 cm³/mol. The van der Waals surface area contributed by atoms with Crippen LogP contribution in [0.3, 0.4) is 0 Å². The van der Waals surface area contributed by atoms with Gasteiger partial charge in [0.05, 0.1) is 23.9 Å². The molecule has 0 unspecified atom stereocenters. The number of fused-ring (bicyclic) bond motifs is 1. The molecule has 22 heavy (non-hydrogen) atoms. The minimum absolute atomic E-state index is 0.749. The first kappa shape index (κ1) is 13.4. The minimum atomic E-state index is 0.749. The second-order valence-electron chi connectivity index (χ2n) is 5.06. The number of halogens is 1. The summed E-state index contributed by atoms with van der Waals surface area (Å²) in [6.45, 7) is 0.749. The van der Waals surface area contributed by atoms with Gasteiger partial charge in [0.2, 0.25) is 0 Å². The summed E-state index contributed by atoms with van der Waals surface area (Å²) in [7, 11) is 0. The quantitative estimate of drug-likeness (QED) is 0.535. The van der Waals surface area contributed by atoms with E-state index in [1.54, 1.807) is 12.5 Å². The van der Waals surface area contributed by atoms with Gasteiger partial charge in [0.1, 0.15) is 5.82 Å². The molecule has 0 saturated carbocycles. The summed E-state index contributed by atoms with van der Waals surface area (Å²) in [6, 6.07) is 8.28. The van der Waals surface area contributed by atoms with Crippen LogP contribution in [-0.2, 0) is 6.54 Å². The third-order valence-corrected chi connectivity index (χ3v) is 4.11. The predicted octanol–water partition coefficient (Wildman–Crippen LogP) is 3.47. The highest BCUT2D eigenvalue weighted by Gasteiger charge is 2.07. The second kappa shape index (κ2) is 5.53. The fourth-order valence-electron chi connectivity index (χ4n) is 2.41. The van der Waals surface area contributed by atoms with Crippen molar-refractivity contribution in [3.05, 3.63) is 64.5 Å². The van der Waals surface area contributed by atoms with E-state index in [4.69, 9.17) is 0 Å². The van der Waals surface area contributed by atoms with Crippen molar-refractivity contribution < 1.29 is 0 Å². The Kier molecular flexibility index (Phi) is 3.38. The van der Waals surface area contributed by atoms with E-state index in [2.05, 4.69) is 60.7 Å². The number of pyridine rings is 1. The van der Waals surface area contributed by atoms with Crippen LogP contribution in [0.4, 0.5) is 0 Å². The molecule has 3 heterocycles. The Balaban J connectivity index is 1.71. The maximum absolute atomic E-state index is 4.64. The average Bonchev–Trinajstić information content (AvgIpc) is 3.16. The third kappa shape index (κ3) is 2.61. The van der Waals surface area contributed by atoms with Gasteiger partial charge in [-0.15, -0.1) is 0 Å². The van der Waals surface area contributed by atoms with Crippen molar-refractivity contribution in [3.8, 4) is 11.4 Å². The Hall–Kier alpha value is -2.22. The molecule has 4 aromatic rings. The van der Waals surface area contributed by atoms with Gasteiger partial charge in [0, 0.05) is 33.9 Å². The van der Waals surface area contributed by atoms with Crippen LogP contribution in [0.1, 0.15) is 5.56 Å². The van der Waals surface area contributed by atoms with Crippen LogP contribution < -0.4 is 0 Å². The van der Waals surface area contributed by atoms with Crippen LogP contribution in [0.2, 0.25) is 0 Å². The highest BCUT2D eigenvalue weighted by atomic mass is 127. The molecule has 0 amide bonds. The van der Waals surface area contributed by atoms with Gasteiger partial charge in [-0.05, 0) is 52.4 Å². The van der Waals surface area contributed by atoms with Crippen LogP contribution in [-0.4, -0.2) is 24.5 Å². The van der Waals surface area contributed by atoms with Crippen molar-refractivity contribution >= 4 is 33.6 Å². The van der Waals surface area contributed by atoms with Crippen LogP contribution in [0, 0.1) is 3.57 Å². The van der Waals surface area contributed by atoms with Crippen LogP contribution >= 0.6 is 22.6 Å². The fourth-order valence-corrected chi connectivity index (χ4v) is 2.90. The Labute approximate surface area is 140 Å². The summed E-state index contributed by atoms with van der Waals surface area (Å²) in [5, 5.41) is 0. The zero-order valence-electron chi connectivity index (χ0n) is 11.6. The number of hydrogen-bond acceptors (Lipinski definition) is 3. The molecule has 3 aromatic heterocycles. The molecule has 4 rings (SSSR count). The van der Waals surface area contributed by atoms with Gasteiger partial charge in [-0.25, -0.2) is 9.97 Å². The number of nitrogens with zero attached hydrogens (tertiary/aromatic N) is 4. The van der Waals surface area contributed by atoms with E-state index < -0.39 is 0 Å². The largest absolute Gasteiger partial charge is 0.338 e. The summed E-state index contributed by atoms with van der Waals surface area (Å²) in [4.78, 5) is 16.4. The van der Waals surface area contributed by atoms with E-state index in [0.717, 1.165) is 34.5 Å². The molecule has 5 nitrogen and oxygen atoms in total. The van der Waals surface area contributed by atoms with Crippen LogP contribution in [0.25, 0.3) is 22.4 Å². The first-order valence-electron chi connectivity index (χ1n) is 6.83. The Morgan fingerprint density at radius 3 is 2.95 bits per heavy atom. The molecule has 1 aromatic carbocycles. The van der Waals surface area contributed by atoms with Crippen molar-refractivity contribution in [1.82, 2.24) is 24.5 Å². The summed E-state index contributed by atoms with van der Waals surface area (Å²) < 4.78 is 3.20. The third-order valence-electron chi connectivity index (χ3n) is 3.44. The lowest BCUT2D eigenvalue weighted by molar-refractivity contribution is 0.793. The lowest BCUT2D eigenvalue weighted by atomic mass is 10.2. The Bertz CT molecular complexity index is 927. The molecule has 0 bridgehead atoms. The first-order valence-corrected chi connectivity index (χ1v) is 7.91. The number of H-pyrrole nitrogens is 1. The Morgan fingerprint density at radius 1 is 1.14 bits per heavy atom. The van der Waals surface area contributed by atoms with Gasteiger partial charge in [0.25, 0.3) is 0 Å². The van der Waals surface area contributed by atoms with Crippen molar-refractivity contribution in [2.24, 2.45) is 0 Å². The molecule has 0 aliphatic rings. The van der Waals surface area contributed by atoms with Gasteiger partial charge in [0.15, 0.2) is 0 Å². The minimum Gasteiger partial charge on any atom is -0.338 e. The standard InChI is InChI=1S/C16H12IN5/c17-13-1-2-14-15(6-13)21-16(20-14)12-5-11(7-19-8-12)9-22-4-3-18-10-22/h1-8,10H,9H2,(H,20,21). The number of benzene rings is 1. The maximum Gasteiger partial charge on any atom is 0.140 e. The molecule has 0 atom stereocenters. The lowest BCUT2D eigenvalue weighted by Gasteiger charge is -2.03. The smallest absolute Gasteiger partial charge is 0.140 e. The molecule has 0 radical (unpaired) electrons. The second-order valence-corrected chi connectivity index (χ2v) is 6.31. The molecule has 0 saturated heterocycles. The van der Waals surface area contributed by atoms with E-state index in [9.17, 15) is 0 Å². The van der Waals surface area contributed by atoms with E-state index in [1.807, 2.05) is 29.2 Å². The summed E-state index contributed by atoms with van der Waals surface area (Å²) in [5.41, 5.74) is 4.12. The normalized spacial score (nSPS) is 11.1. The maximum atomic E-state index is 4.64. The van der Waals surface area contributed by atoms with Crippen molar-refractivity contribution in [2.75, 3.05) is 0 Å². The summed E-state index contributed by atoms with van der Waals surface area (Å²) in [5.74, 6) is 0.844. The van der Waals surface area contributed by atoms with Crippen molar-refractivity contribution in [3.63, 3.8) is 0 Å². The summed E-state index contributed by atoms with van der Waals surface area (Å²) >= 11 is 2.30. The zero-order chi connectivity index (χ0) is 14.9. The van der Waals surface area contributed by atoms with E-state index >= 15 is 0 Å². The molecule has 6 heteroatoms. The number of nitrogens with one attached hydrogen (secondary N) is 1. The molecule has 1 N–H and O–H groups in total. The molecule has 0 aliphatic carbocycles. The molecule has 108 valence electrons. The van der Waals surface area contributed by atoms with E-state index in [0.29, 0.717) is 0 Å². The molecule has 0 fully saturated rings. The van der Waals surface area contributed by atoms with Crippen LogP contribution in [0.15, 0.2) is 55.4 Å². The van der Waals surface area contributed by atoms with Crippen molar-refractivity contribution in [2.45, 2.75) is 6.54 Å². The van der Waals surface area contributed by atoms with Crippen molar-refractivity contribution in [1.29, 1.82) is 0 Å². The highest BCUT2D eigenvalue weighted by Crippen LogP contribution is 2.22. The van der Waals surface area contributed by atoms with Crippen LogP contribution in [0.5, 0.6) is 0 Å². The molecular weight excluding hydrogens is 389 g/mol. The van der Waals surface area contributed by atoms with Gasteiger partial charge in [-0.1, -0.05) is 0 Å². The van der Waals surface area contributed by atoms with Gasteiger partial charge in [-0.3, -0.25) is 4.98 Å². The monoisotopic (exact) mass is 401 g/mol. The number of hydrogen-bond donors (Lipinski definition) is 1. The SMILES string of the molecule is Ic1ccc2nc(-c3cncc(Cn4ccnc4)c3)[nH]c2c1. The number of imidazole rings is 2. The average molecular weight is 401 g/mol. The molecule has 0 aliphatic heterocycles. The lowest BCUT2D eigenvalue weighted by Crippen LogP contribution is -1.97. The first-order chi connectivity index (χ1) is 10.8. The zero-order valence-corrected chi connectivity index (χ0v) is 13.7. The fraction of sp³-hybridized carbons (Fsp3) is 0.0625. The van der Waals surface area contributed by atoms with Gasteiger partial charge >= 0.3 is 0 Å². The van der Waals surface area contributed by atoms with E-state index in [1.165, 1.54) is 3.57 Å². The summed E-state index contributed by atoms with van der Waals surface area (Å²) in [6.07, 6.45) is 9.22. The number of aromatic nitrogens is 5. The number of rotatable bonds is 3. The van der Waals surface area contributed by atoms with Gasteiger partial charge in [-0.2, -0.15) is 0 Å². The number of aromatic amines is 1.